The molecule has 12 heteroatoms. The second-order valence-electron chi connectivity index (χ2n) is 5.77. The van der Waals surface area contributed by atoms with Gasteiger partial charge in [0.15, 0.2) is 0 Å². The van der Waals surface area contributed by atoms with Gasteiger partial charge in [-0.15, -0.1) is 0 Å². The van der Waals surface area contributed by atoms with E-state index in [1.807, 2.05) is 0 Å². The lowest BCUT2D eigenvalue weighted by molar-refractivity contribution is -0.386. The number of ether oxygens (including phenoxy) is 2. The molecule has 2 rings (SSSR count). The highest BCUT2D eigenvalue weighted by molar-refractivity contribution is 6.32. The minimum absolute atomic E-state index is 0.281. The summed E-state index contributed by atoms with van der Waals surface area (Å²) in [4.78, 5) is 33.9. The molecule has 0 aliphatic carbocycles. The quantitative estimate of drug-likeness (QED) is 0.304. The molecule has 2 aromatic rings. The maximum absolute atomic E-state index is 12.8. The largest absolute Gasteiger partial charge is 0.449 e. The first-order valence-electron chi connectivity index (χ1n) is 8.19. The third kappa shape index (κ3) is 5.24. The van der Waals surface area contributed by atoms with Gasteiger partial charge >= 0.3 is 23.8 Å². The first-order valence-corrected chi connectivity index (χ1v) is 8.57. The van der Waals surface area contributed by atoms with Crippen molar-refractivity contribution in [1.82, 2.24) is 0 Å². The van der Waals surface area contributed by atoms with Crippen molar-refractivity contribution in [2.75, 3.05) is 6.61 Å². The number of nitro groups is 1. The average Bonchev–Trinajstić information content (AvgIpc) is 2.67. The summed E-state index contributed by atoms with van der Waals surface area (Å²) in [6.07, 6.45) is -4.38. The van der Waals surface area contributed by atoms with E-state index in [9.17, 15) is 32.9 Å². The van der Waals surface area contributed by atoms with Gasteiger partial charge in [0.2, 0.25) is 5.75 Å². The van der Waals surface area contributed by atoms with Crippen LogP contribution in [-0.4, -0.2) is 28.6 Å². The zero-order valence-electron chi connectivity index (χ0n) is 15.2. The van der Waals surface area contributed by atoms with E-state index >= 15 is 0 Å². The number of carbonyl (C=O) groups is 2. The van der Waals surface area contributed by atoms with Gasteiger partial charge in [0.1, 0.15) is 17.9 Å². The average molecular weight is 448 g/mol. The summed E-state index contributed by atoms with van der Waals surface area (Å²) in [6, 6.07) is 4.44. The lowest BCUT2D eigenvalue weighted by atomic mass is 10.1. The van der Waals surface area contributed by atoms with Crippen molar-refractivity contribution in [2.24, 2.45) is 0 Å². The minimum atomic E-state index is -4.66. The summed E-state index contributed by atoms with van der Waals surface area (Å²) < 4.78 is 48.0. The van der Waals surface area contributed by atoms with E-state index in [1.165, 1.54) is 6.07 Å². The molecular formula is C18H13ClF3NO7. The Balaban J connectivity index is 2.57. The second kappa shape index (κ2) is 9.09. The summed E-state index contributed by atoms with van der Waals surface area (Å²) in [5.74, 6) is -3.56. The number of esters is 2. The molecule has 0 unspecified atom stereocenters. The minimum Gasteiger partial charge on any atom is -0.449 e. The molecule has 0 amide bonds. The molecule has 2 aromatic carbocycles. The van der Waals surface area contributed by atoms with Crippen LogP contribution >= 0.6 is 11.6 Å². The molecule has 0 atom stereocenters. The number of aliphatic hydroxyl groups is 1. The molecule has 0 saturated carbocycles. The van der Waals surface area contributed by atoms with Gasteiger partial charge in [-0.2, -0.15) is 13.2 Å². The first kappa shape index (κ1) is 23.1. The number of benzene rings is 2. The number of hydrogen-bond donors (Lipinski definition) is 1. The third-order valence-corrected chi connectivity index (χ3v) is 4.06. The zero-order chi connectivity index (χ0) is 22.6. The number of nitrogens with zero attached hydrogens (tertiary/aromatic N) is 1. The van der Waals surface area contributed by atoms with Gasteiger partial charge in [0, 0.05) is 0 Å². The van der Waals surface area contributed by atoms with Gasteiger partial charge in [0.05, 0.1) is 15.5 Å². The maximum atomic E-state index is 12.8. The number of halogens is 4. The molecule has 0 fully saturated rings. The van der Waals surface area contributed by atoms with Crippen molar-refractivity contribution in [2.45, 2.75) is 19.5 Å². The Morgan fingerprint density at radius 1 is 1.20 bits per heavy atom. The number of carbonyl (C=O) groups excluding carboxylic acids is 2. The van der Waals surface area contributed by atoms with Crippen molar-refractivity contribution < 1.29 is 42.3 Å². The fourth-order valence-corrected chi connectivity index (χ4v) is 2.58. The van der Waals surface area contributed by atoms with Gasteiger partial charge in [-0.25, -0.2) is 9.59 Å². The third-order valence-electron chi connectivity index (χ3n) is 3.76. The number of alkyl halides is 3. The molecular weight excluding hydrogens is 435 g/mol. The SMILES string of the molecule is CCc1cc(Oc2ccc(C(F)(F)F)cc2Cl)c([N+](=O)[O-])c(C(=O)OC(=O)CO)c1. The van der Waals surface area contributed by atoms with Gasteiger partial charge in [-0.1, -0.05) is 18.5 Å². The van der Waals surface area contributed by atoms with Crippen LogP contribution in [0.4, 0.5) is 18.9 Å². The normalized spacial score (nSPS) is 11.1. The molecule has 0 bridgehead atoms. The molecule has 8 nitrogen and oxygen atoms in total. The molecule has 0 aliphatic heterocycles. The van der Waals surface area contributed by atoms with Crippen LogP contribution in [0.3, 0.4) is 0 Å². The zero-order valence-corrected chi connectivity index (χ0v) is 15.9. The number of rotatable bonds is 6. The van der Waals surface area contributed by atoms with Crippen LogP contribution in [0.5, 0.6) is 11.5 Å². The van der Waals surface area contributed by atoms with E-state index in [1.54, 1.807) is 6.92 Å². The molecule has 0 heterocycles. The van der Waals surface area contributed by atoms with Crippen LogP contribution in [0.1, 0.15) is 28.4 Å². The smallest absolute Gasteiger partial charge is 0.416 e. The van der Waals surface area contributed by atoms with Crippen molar-refractivity contribution in [3.63, 3.8) is 0 Å². The Bertz CT molecular complexity index is 1010. The highest BCUT2D eigenvalue weighted by Crippen LogP contribution is 2.40. The van der Waals surface area contributed by atoms with E-state index < -0.39 is 57.2 Å². The van der Waals surface area contributed by atoms with Crippen LogP contribution < -0.4 is 4.74 Å². The second-order valence-corrected chi connectivity index (χ2v) is 6.17. The predicted octanol–water partition coefficient (Wildman–Crippen LogP) is 4.30. The molecule has 160 valence electrons. The van der Waals surface area contributed by atoms with E-state index in [-0.39, 0.29) is 12.2 Å². The molecule has 0 radical (unpaired) electrons. The number of aliphatic hydroxyl groups excluding tert-OH is 1. The summed E-state index contributed by atoms with van der Waals surface area (Å²) in [5.41, 5.74) is -2.22. The van der Waals surface area contributed by atoms with E-state index in [4.69, 9.17) is 21.4 Å². The molecule has 0 aromatic heterocycles. The van der Waals surface area contributed by atoms with Crippen LogP contribution in [0, 0.1) is 10.1 Å². The molecule has 0 spiro atoms. The fraction of sp³-hybridized carbons (Fsp3) is 0.222. The highest BCUT2D eigenvalue weighted by atomic mass is 35.5. The monoisotopic (exact) mass is 447 g/mol. The standard InChI is InChI=1S/C18H13ClF3NO7/c1-2-9-5-11(17(26)30-15(25)8-24)16(23(27)28)14(6-9)29-13-4-3-10(7-12(13)19)18(20,21)22/h3-7,24H,2,8H2,1H3. The van der Waals surface area contributed by atoms with Gasteiger partial charge < -0.3 is 14.6 Å². The lowest BCUT2D eigenvalue weighted by Gasteiger charge is -2.13. The summed E-state index contributed by atoms with van der Waals surface area (Å²) in [5, 5.41) is 19.8. The predicted molar refractivity (Wildman–Crippen MR) is 96.5 cm³/mol. The highest BCUT2D eigenvalue weighted by Gasteiger charge is 2.32. The number of hydrogen-bond acceptors (Lipinski definition) is 7. The van der Waals surface area contributed by atoms with Gasteiger partial charge in [0.25, 0.3) is 0 Å². The Morgan fingerprint density at radius 3 is 2.37 bits per heavy atom. The van der Waals surface area contributed by atoms with E-state index in [0.717, 1.165) is 12.1 Å². The Hall–Kier alpha value is -3.18. The van der Waals surface area contributed by atoms with E-state index in [2.05, 4.69) is 4.74 Å². The van der Waals surface area contributed by atoms with E-state index in [0.29, 0.717) is 17.7 Å². The number of aryl methyl sites for hydroxylation is 1. The van der Waals surface area contributed by atoms with Gasteiger partial charge in [-0.3, -0.25) is 10.1 Å². The van der Waals surface area contributed by atoms with Crippen molar-refractivity contribution in [1.29, 1.82) is 0 Å². The Labute approximate surface area is 171 Å². The number of nitro benzene ring substituents is 1. The van der Waals surface area contributed by atoms with Crippen molar-refractivity contribution in [3.05, 3.63) is 62.2 Å². The molecule has 30 heavy (non-hydrogen) atoms. The Morgan fingerprint density at radius 2 is 1.87 bits per heavy atom. The first-order chi connectivity index (χ1) is 14.0. The topological polar surface area (TPSA) is 116 Å². The van der Waals surface area contributed by atoms with Crippen LogP contribution in [0.15, 0.2) is 30.3 Å². The van der Waals surface area contributed by atoms with Crippen LogP contribution in [0.25, 0.3) is 0 Å². The maximum Gasteiger partial charge on any atom is 0.416 e. The summed E-state index contributed by atoms with van der Waals surface area (Å²) in [7, 11) is 0. The lowest BCUT2D eigenvalue weighted by Crippen LogP contribution is -2.17. The Kier molecular flexibility index (Phi) is 7.00. The van der Waals surface area contributed by atoms with Crippen molar-refractivity contribution in [3.8, 4) is 11.5 Å². The summed E-state index contributed by atoms with van der Waals surface area (Å²) >= 11 is 5.82. The van der Waals surface area contributed by atoms with Crippen LogP contribution in [-0.2, 0) is 22.1 Å². The summed E-state index contributed by atoms with van der Waals surface area (Å²) in [6.45, 7) is 0.529. The van der Waals surface area contributed by atoms with Crippen molar-refractivity contribution >= 4 is 29.2 Å². The molecule has 0 saturated heterocycles. The molecule has 1 N–H and O–H groups in total. The van der Waals surface area contributed by atoms with Crippen LogP contribution in [0.2, 0.25) is 5.02 Å². The fourth-order valence-electron chi connectivity index (χ4n) is 2.36. The molecule has 0 aliphatic rings. The van der Waals surface area contributed by atoms with Gasteiger partial charge in [-0.05, 0) is 42.3 Å².